The van der Waals surface area contributed by atoms with Crippen molar-refractivity contribution in [2.24, 2.45) is 0 Å². The summed E-state index contributed by atoms with van der Waals surface area (Å²) in [5.41, 5.74) is 0. The van der Waals surface area contributed by atoms with Gasteiger partial charge in [-0.3, -0.25) is 9.59 Å². The van der Waals surface area contributed by atoms with Crippen LogP contribution in [0, 0.1) is 0 Å². The van der Waals surface area contributed by atoms with Crippen LogP contribution in [0.25, 0.3) is 0 Å². The smallest absolute Gasteiger partial charge is 0.142 e. The first-order valence-corrected chi connectivity index (χ1v) is 3.45. The number of carbonyl (C=O) groups is 2. The zero-order valence-electron chi connectivity index (χ0n) is 6.25. The van der Waals surface area contributed by atoms with Gasteiger partial charge in [0.2, 0.25) is 0 Å². The molecule has 64 valence electrons. The molecule has 0 aliphatic carbocycles. The number of hydrogen-bond donors (Lipinski definition) is 2. The quantitative estimate of drug-likeness (QED) is 0.503. The minimum Gasteiger partial charge on any atom is -0.396 e. The fourth-order valence-corrected chi connectivity index (χ4v) is 0.646. The van der Waals surface area contributed by atoms with Crippen molar-refractivity contribution in [3.05, 3.63) is 0 Å². The van der Waals surface area contributed by atoms with Crippen LogP contribution in [0.3, 0.4) is 0 Å². The Morgan fingerprint density at radius 1 is 0.909 bits per heavy atom. The maximum atomic E-state index is 10.7. The second-order valence-corrected chi connectivity index (χ2v) is 2.20. The van der Waals surface area contributed by atoms with Crippen LogP contribution in [-0.2, 0) is 9.59 Å². The molecule has 4 heteroatoms. The molecule has 0 saturated heterocycles. The molecule has 0 fully saturated rings. The lowest BCUT2D eigenvalue weighted by atomic mass is 10.1. The van der Waals surface area contributed by atoms with Gasteiger partial charge in [-0.1, -0.05) is 0 Å². The first kappa shape index (κ1) is 10.3. The van der Waals surface area contributed by atoms with Crippen LogP contribution in [0.5, 0.6) is 0 Å². The highest BCUT2D eigenvalue weighted by molar-refractivity contribution is 5.99. The molecule has 0 atom stereocenters. The van der Waals surface area contributed by atoms with E-state index in [-0.39, 0.29) is 44.0 Å². The van der Waals surface area contributed by atoms with Gasteiger partial charge >= 0.3 is 0 Å². The largest absolute Gasteiger partial charge is 0.396 e. The Balaban J connectivity index is 3.49. The molecule has 0 rings (SSSR count). The maximum Gasteiger partial charge on any atom is 0.142 e. The van der Waals surface area contributed by atoms with Crippen molar-refractivity contribution in [3.8, 4) is 0 Å². The molecule has 4 nitrogen and oxygen atoms in total. The lowest BCUT2D eigenvalue weighted by Gasteiger charge is -1.95. The average Bonchev–Trinajstić information content (AvgIpc) is 1.87. The molecule has 0 aromatic carbocycles. The van der Waals surface area contributed by atoms with E-state index < -0.39 is 0 Å². The Morgan fingerprint density at radius 3 is 1.55 bits per heavy atom. The van der Waals surface area contributed by atoms with Crippen molar-refractivity contribution in [3.63, 3.8) is 0 Å². The van der Waals surface area contributed by atoms with Crippen LogP contribution in [0.1, 0.15) is 19.3 Å². The molecule has 0 aromatic heterocycles. The molecule has 0 aliphatic heterocycles. The SMILES string of the molecule is O=C(CCO)CC(=O)CCO. The summed E-state index contributed by atoms with van der Waals surface area (Å²) in [6.07, 6.45) is -0.116. The molecule has 0 aromatic rings. The first-order chi connectivity index (χ1) is 5.20. The van der Waals surface area contributed by atoms with Crippen molar-refractivity contribution in [1.29, 1.82) is 0 Å². The topological polar surface area (TPSA) is 74.6 Å². The average molecular weight is 160 g/mol. The number of rotatable bonds is 6. The van der Waals surface area contributed by atoms with Gasteiger partial charge < -0.3 is 10.2 Å². The number of aliphatic hydroxyl groups is 2. The minimum atomic E-state index is -0.272. The minimum absolute atomic E-state index is 0.0250. The molecule has 0 radical (unpaired) electrons. The Hall–Kier alpha value is -0.740. The van der Waals surface area contributed by atoms with Crippen molar-refractivity contribution in [2.45, 2.75) is 19.3 Å². The van der Waals surface area contributed by atoms with Gasteiger partial charge in [0.05, 0.1) is 6.42 Å². The van der Waals surface area contributed by atoms with E-state index >= 15 is 0 Å². The van der Waals surface area contributed by atoms with E-state index in [1.54, 1.807) is 0 Å². The van der Waals surface area contributed by atoms with Crippen molar-refractivity contribution >= 4 is 11.6 Å². The van der Waals surface area contributed by atoms with E-state index in [0.29, 0.717) is 0 Å². The third kappa shape index (κ3) is 5.69. The zero-order chi connectivity index (χ0) is 8.69. The summed E-state index contributed by atoms with van der Waals surface area (Å²) < 4.78 is 0. The third-order valence-corrected chi connectivity index (χ3v) is 1.18. The van der Waals surface area contributed by atoms with E-state index in [4.69, 9.17) is 10.2 Å². The van der Waals surface area contributed by atoms with Gasteiger partial charge in [-0.2, -0.15) is 0 Å². The third-order valence-electron chi connectivity index (χ3n) is 1.18. The molecule has 0 bridgehead atoms. The molecule has 0 amide bonds. The summed E-state index contributed by atoms with van der Waals surface area (Å²) >= 11 is 0. The summed E-state index contributed by atoms with van der Waals surface area (Å²) in [6.45, 7) is -0.434. The predicted molar refractivity (Wildman–Crippen MR) is 38.0 cm³/mol. The van der Waals surface area contributed by atoms with E-state index in [1.165, 1.54) is 0 Å². The molecule has 0 unspecified atom stereocenters. The van der Waals surface area contributed by atoms with Crippen LogP contribution >= 0.6 is 0 Å². The second-order valence-electron chi connectivity index (χ2n) is 2.20. The molecular formula is C7H12O4. The normalized spacial score (nSPS) is 9.64. The highest BCUT2D eigenvalue weighted by Crippen LogP contribution is 1.93. The number of carbonyl (C=O) groups excluding carboxylic acids is 2. The fraction of sp³-hybridized carbons (Fsp3) is 0.714. The fourth-order valence-electron chi connectivity index (χ4n) is 0.646. The van der Waals surface area contributed by atoms with Crippen molar-refractivity contribution < 1.29 is 19.8 Å². The van der Waals surface area contributed by atoms with Crippen LogP contribution in [0.2, 0.25) is 0 Å². The van der Waals surface area contributed by atoms with Gasteiger partial charge in [-0.15, -0.1) is 0 Å². The summed E-state index contributed by atoms with van der Waals surface area (Å²) in [6, 6.07) is 0. The number of hydrogen-bond acceptors (Lipinski definition) is 4. The van der Waals surface area contributed by atoms with Gasteiger partial charge in [0, 0.05) is 26.1 Å². The lowest BCUT2D eigenvalue weighted by Crippen LogP contribution is -2.10. The van der Waals surface area contributed by atoms with Gasteiger partial charge in [0.25, 0.3) is 0 Å². The highest BCUT2D eigenvalue weighted by Gasteiger charge is 2.07. The summed E-state index contributed by atoms with van der Waals surface area (Å²) in [5, 5.41) is 16.6. The van der Waals surface area contributed by atoms with Crippen LogP contribution in [-0.4, -0.2) is 35.0 Å². The monoisotopic (exact) mass is 160 g/mol. The number of ketones is 2. The van der Waals surface area contributed by atoms with Crippen LogP contribution in [0.15, 0.2) is 0 Å². The molecule has 0 saturated carbocycles. The van der Waals surface area contributed by atoms with Crippen LogP contribution < -0.4 is 0 Å². The number of aliphatic hydroxyl groups excluding tert-OH is 2. The highest BCUT2D eigenvalue weighted by atomic mass is 16.3. The molecule has 0 aliphatic rings. The molecular weight excluding hydrogens is 148 g/mol. The second kappa shape index (κ2) is 6.00. The Kier molecular flexibility index (Phi) is 5.60. The van der Waals surface area contributed by atoms with Gasteiger partial charge in [0.15, 0.2) is 0 Å². The molecule has 2 N–H and O–H groups in total. The summed E-state index contributed by atoms with van der Waals surface area (Å²) in [5.74, 6) is -0.545. The first-order valence-electron chi connectivity index (χ1n) is 3.45. The van der Waals surface area contributed by atoms with Gasteiger partial charge in [0.1, 0.15) is 11.6 Å². The van der Waals surface area contributed by atoms with Gasteiger partial charge in [-0.05, 0) is 0 Å². The van der Waals surface area contributed by atoms with E-state index in [1.807, 2.05) is 0 Å². The van der Waals surface area contributed by atoms with E-state index in [9.17, 15) is 9.59 Å². The van der Waals surface area contributed by atoms with Crippen molar-refractivity contribution in [2.75, 3.05) is 13.2 Å². The molecule has 0 heterocycles. The standard InChI is InChI=1S/C7H12O4/c8-3-1-6(10)5-7(11)2-4-9/h8-9H,1-5H2. The van der Waals surface area contributed by atoms with Crippen molar-refractivity contribution in [1.82, 2.24) is 0 Å². The van der Waals surface area contributed by atoms with Gasteiger partial charge in [-0.25, -0.2) is 0 Å². The summed E-state index contributed by atoms with van der Waals surface area (Å²) in [7, 11) is 0. The molecule has 11 heavy (non-hydrogen) atoms. The summed E-state index contributed by atoms with van der Waals surface area (Å²) in [4.78, 5) is 21.3. The molecule has 0 spiro atoms. The lowest BCUT2D eigenvalue weighted by molar-refractivity contribution is -0.127. The maximum absolute atomic E-state index is 10.7. The van der Waals surface area contributed by atoms with Crippen LogP contribution in [0.4, 0.5) is 0 Å². The number of Topliss-reactive ketones (excluding diaryl/α,β-unsaturated/α-hetero) is 2. The van der Waals surface area contributed by atoms with E-state index in [0.717, 1.165) is 0 Å². The van der Waals surface area contributed by atoms with E-state index in [2.05, 4.69) is 0 Å². The Bertz CT molecular complexity index is 125. The zero-order valence-corrected chi connectivity index (χ0v) is 6.25. The Morgan fingerprint density at radius 2 is 1.27 bits per heavy atom. The predicted octanol–water partition coefficient (Wildman–Crippen LogP) is -0.720. The Labute approximate surface area is 64.8 Å².